The fraction of sp³-hybridized carbons (Fsp3) is 0. The predicted molar refractivity (Wildman–Crippen MR) is 58.4 cm³/mol. The monoisotopic (exact) mass is 213 g/mol. The largest absolute Gasteiger partial charge is 0.478 e. The quantitative estimate of drug-likeness (QED) is 0.646. The van der Waals surface area contributed by atoms with Crippen LogP contribution in [0, 0.1) is 0 Å². The number of rotatable bonds is 1. The normalized spacial score (nSPS) is 11.0. The van der Waals surface area contributed by atoms with Crippen molar-refractivity contribution < 1.29 is 9.90 Å². The average molecular weight is 213 g/mol. The fourth-order valence-electron chi connectivity index (χ4n) is 1.83. The van der Waals surface area contributed by atoms with E-state index in [-0.39, 0.29) is 5.56 Å². The molecule has 0 radical (unpaired) electrons. The average Bonchev–Trinajstić information content (AvgIpc) is 2.76. The van der Waals surface area contributed by atoms with Gasteiger partial charge in [-0.2, -0.15) is 15.4 Å². The summed E-state index contributed by atoms with van der Waals surface area (Å²) in [7, 11) is 0. The number of carboxylic acids is 1. The van der Waals surface area contributed by atoms with Crippen molar-refractivity contribution >= 4 is 27.8 Å². The number of hydrogen-bond acceptors (Lipinski definition) is 3. The molecule has 0 amide bonds. The van der Waals surface area contributed by atoms with Crippen molar-refractivity contribution in [1.29, 1.82) is 0 Å². The molecule has 0 fully saturated rings. The van der Waals surface area contributed by atoms with Crippen LogP contribution in [0.3, 0.4) is 0 Å². The lowest BCUT2D eigenvalue weighted by Gasteiger charge is -2.00. The lowest BCUT2D eigenvalue weighted by molar-refractivity contribution is 0.0699. The first-order chi connectivity index (χ1) is 7.77. The molecule has 5 heteroatoms. The summed E-state index contributed by atoms with van der Waals surface area (Å²) in [6, 6.07) is 9.11. The number of aromatic nitrogens is 3. The van der Waals surface area contributed by atoms with Gasteiger partial charge in [-0.15, -0.1) is 0 Å². The van der Waals surface area contributed by atoms with Crippen LogP contribution in [-0.4, -0.2) is 26.5 Å². The third-order valence-corrected chi connectivity index (χ3v) is 2.55. The molecule has 0 saturated carbocycles. The molecule has 1 heterocycles. The Morgan fingerprint density at radius 3 is 2.75 bits per heavy atom. The molecular formula is C11H7N3O2. The molecule has 2 aromatic carbocycles. The summed E-state index contributed by atoms with van der Waals surface area (Å²) in [5.74, 6) is -0.996. The van der Waals surface area contributed by atoms with Gasteiger partial charge in [0.1, 0.15) is 11.0 Å². The van der Waals surface area contributed by atoms with Crippen LogP contribution in [0.5, 0.6) is 0 Å². The number of hydrogen-bond donors (Lipinski definition) is 2. The SMILES string of the molecule is O=C(O)c1cc2ccccc2c2n[nH]nc12. The molecule has 3 aromatic rings. The molecular weight excluding hydrogens is 206 g/mol. The van der Waals surface area contributed by atoms with Gasteiger partial charge in [0.2, 0.25) is 0 Å². The summed E-state index contributed by atoms with van der Waals surface area (Å²) in [5.41, 5.74) is 1.16. The smallest absolute Gasteiger partial charge is 0.338 e. The van der Waals surface area contributed by atoms with Crippen molar-refractivity contribution in [1.82, 2.24) is 15.4 Å². The Labute approximate surface area is 89.7 Å². The third-order valence-electron chi connectivity index (χ3n) is 2.55. The van der Waals surface area contributed by atoms with Gasteiger partial charge in [-0.3, -0.25) is 0 Å². The minimum atomic E-state index is -0.996. The highest BCUT2D eigenvalue weighted by Gasteiger charge is 2.14. The molecule has 0 unspecified atom stereocenters. The summed E-state index contributed by atoms with van der Waals surface area (Å²) in [6.45, 7) is 0. The van der Waals surface area contributed by atoms with Crippen molar-refractivity contribution in [2.24, 2.45) is 0 Å². The number of aromatic amines is 1. The zero-order valence-electron chi connectivity index (χ0n) is 8.14. The summed E-state index contributed by atoms with van der Waals surface area (Å²) >= 11 is 0. The maximum absolute atomic E-state index is 11.1. The zero-order valence-corrected chi connectivity index (χ0v) is 8.14. The van der Waals surface area contributed by atoms with E-state index in [1.54, 1.807) is 6.07 Å². The van der Waals surface area contributed by atoms with Crippen LogP contribution in [0.4, 0.5) is 0 Å². The second-order valence-corrected chi connectivity index (χ2v) is 3.47. The summed E-state index contributed by atoms with van der Waals surface area (Å²) in [5, 5.41) is 21.2. The number of nitrogens with one attached hydrogen (secondary N) is 1. The molecule has 5 nitrogen and oxygen atoms in total. The van der Waals surface area contributed by atoms with Gasteiger partial charge < -0.3 is 5.11 Å². The number of H-pyrrole nitrogens is 1. The number of benzene rings is 2. The third kappa shape index (κ3) is 1.08. The molecule has 0 aliphatic heterocycles. The van der Waals surface area contributed by atoms with Gasteiger partial charge in [-0.25, -0.2) is 4.79 Å². The standard InChI is InChI=1S/C11H7N3O2/c15-11(16)8-5-6-3-1-2-4-7(6)9-10(8)13-14-12-9/h1-5H,(H,15,16)(H,12,13,14). The van der Waals surface area contributed by atoms with Gasteiger partial charge in [0.05, 0.1) is 5.56 Å². The van der Waals surface area contributed by atoms with E-state index in [1.807, 2.05) is 24.3 Å². The van der Waals surface area contributed by atoms with Gasteiger partial charge >= 0.3 is 5.97 Å². The Morgan fingerprint density at radius 2 is 1.94 bits per heavy atom. The van der Waals surface area contributed by atoms with Crippen molar-refractivity contribution in [2.75, 3.05) is 0 Å². The van der Waals surface area contributed by atoms with E-state index in [0.717, 1.165) is 10.8 Å². The second kappa shape index (κ2) is 3.03. The van der Waals surface area contributed by atoms with Crippen molar-refractivity contribution in [3.8, 4) is 0 Å². The Kier molecular flexibility index (Phi) is 1.67. The van der Waals surface area contributed by atoms with Crippen LogP contribution in [0.25, 0.3) is 21.8 Å². The van der Waals surface area contributed by atoms with Crippen LogP contribution in [0.1, 0.15) is 10.4 Å². The van der Waals surface area contributed by atoms with Crippen LogP contribution in [-0.2, 0) is 0 Å². The Hall–Kier alpha value is -2.43. The molecule has 2 N–H and O–H groups in total. The van der Waals surface area contributed by atoms with Gasteiger partial charge in [0.15, 0.2) is 0 Å². The highest BCUT2D eigenvalue weighted by atomic mass is 16.4. The van der Waals surface area contributed by atoms with Crippen LogP contribution in [0.15, 0.2) is 30.3 Å². The van der Waals surface area contributed by atoms with E-state index in [9.17, 15) is 4.79 Å². The second-order valence-electron chi connectivity index (χ2n) is 3.47. The minimum absolute atomic E-state index is 0.169. The summed E-state index contributed by atoms with van der Waals surface area (Å²) in [6.07, 6.45) is 0. The van der Waals surface area contributed by atoms with E-state index in [1.165, 1.54) is 0 Å². The van der Waals surface area contributed by atoms with Gasteiger partial charge in [0.25, 0.3) is 0 Å². The van der Waals surface area contributed by atoms with Crippen LogP contribution < -0.4 is 0 Å². The molecule has 78 valence electrons. The lowest BCUT2D eigenvalue weighted by Crippen LogP contribution is -1.97. The minimum Gasteiger partial charge on any atom is -0.478 e. The topological polar surface area (TPSA) is 78.9 Å². The Bertz CT molecular complexity index is 703. The van der Waals surface area contributed by atoms with Crippen molar-refractivity contribution in [3.63, 3.8) is 0 Å². The lowest BCUT2D eigenvalue weighted by atomic mass is 10.0. The first-order valence-corrected chi connectivity index (χ1v) is 4.73. The number of aromatic carboxylic acids is 1. The number of carbonyl (C=O) groups is 1. The number of carboxylic acid groups (broad SMARTS) is 1. The highest BCUT2D eigenvalue weighted by molar-refractivity contribution is 6.12. The van der Waals surface area contributed by atoms with E-state index in [2.05, 4.69) is 15.4 Å². The predicted octanol–water partition coefficient (Wildman–Crippen LogP) is 1.81. The molecule has 0 aliphatic carbocycles. The summed E-state index contributed by atoms with van der Waals surface area (Å²) < 4.78 is 0. The van der Waals surface area contributed by atoms with Gasteiger partial charge in [-0.1, -0.05) is 24.3 Å². The maximum Gasteiger partial charge on any atom is 0.338 e. The van der Waals surface area contributed by atoms with E-state index >= 15 is 0 Å². The maximum atomic E-state index is 11.1. The Morgan fingerprint density at radius 1 is 1.19 bits per heavy atom. The summed E-state index contributed by atoms with van der Waals surface area (Å²) in [4.78, 5) is 11.1. The number of nitrogens with zero attached hydrogens (tertiary/aromatic N) is 2. The molecule has 3 rings (SSSR count). The molecule has 0 spiro atoms. The van der Waals surface area contributed by atoms with Gasteiger partial charge in [0, 0.05) is 5.39 Å². The molecule has 1 aromatic heterocycles. The molecule has 16 heavy (non-hydrogen) atoms. The fourth-order valence-corrected chi connectivity index (χ4v) is 1.83. The highest BCUT2D eigenvalue weighted by Crippen LogP contribution is 2.25. The first-order valence-electron chi connectivity index (χ1n) is 4.73. The molecule has 0 saturated heterocycles. The first kappa shape index (κ1) is 8.84. The molecule has 0 aliphatic rings. The zero-order chi connectivity index (χ0) is 11.1. The van der Waals surface area contributed by atoms with Crippen LogP contribution >= 0.6 is 0 Å². The van der Waals surface area contributed by atoms with Crippen molar-refractivity contribution in [2.45, 2.75) is 0 Å². The van der Waals surface area contributed by atoms with Gasteiger partial charge in [-0.05, 0) is 11.5 Å². The number of fused-ring (bicyclic) bond motifs is 3. The van der Waals surface area contributed by atoms with Crippen molar-refractivity contribution in [3.05, 3.63) is 35.9 Å². The molecule has 0 bridgehead atoms. The van der Waals surface area contributed by atoms with E-state index in [0.29, 0.717) is 11.0 Å². The van der Waals surface area contributed by atoms with E-state index < -0.39 is 5.97 Å². The Balaban J connectivity index is 2.58. The van der Waals surface area contributed by atoms with E-state index in [4.69, 9.17) is 5.11 Å². The molecule has 0 atom stereocenters. The van der Waals surface area contributed by atoms with Crippen LogP contribution in [0.2, 0.25) is 0 Å².